The van der Waals surface area contributed by atoms with E-state index < -0.39 is 13.3 Å². The maximum absolute atomic E-state index is 14.1. The Morgan fingerprint density at radius 2 is 1.95 bits per heavy atom. The summed E-state index contributed by atoms with van der Waals surface area (Å²) in [6.45, 7) is 7.78. The van der Waals surface area contributed by atoms with Gasteiger partial charge in [-0.3, -0.25) is 9.36 Å². The number of aromatic nitrogens is 2. The van der Waals surface area contributed by atoms with Gasteiger partial charge in [-0.25, -0.2) is 23.1 Å². The van der Waals surface area contributed by atoms with Crippen molar-refractivity contribution in [3.63, 3.8) is 0 Å². The van der Waals surface area contributed by atoms with Gasteiger partial charge in [0, 0.05) is 31.9 Å². The number of halogens is 3. The van der Waals surface area contributed by atoms with Gasteiger partial charge in [0.05, 0.1) is 23.0 Å². The molecule has 4 aliphatic rings. The molecule has 7 nitrogen and oxygen atoms in total. The van der Waals surface area contributed by atoms with E-state index in [1.807, 2.05) is 6.07 Å². The molecule has 2 aromatic carbocycles. The van der Waals surface area contributed by atoms with Crippen molar-refractivity contribution in [2.24, 2.45) is 28.2 Å². The Morgan fingerprint density at radius 1 is 1.16 bits per heavy atom. The van der Waals surface area contributed by atoms with Gasteiger partial charge in [-0.05, 0) is 78.3 Å². The van der Waals surface area contributed by atoms with Crippen LogP contribution in [0.1, 0.15) is 45.0 Å². The van der Waals surface area contributed by atoms with Crippen molar-refractivity contribution in [3.05, 3.63) is 70.0 Å². The zero-order chi connectivity index (χ0) is 30.3. The molecular formula is C33H41F3N6O. The molecule has 1 saturated heterocycles. The summed E-state index contributed by atoms with van der Waals surface area (Å²) in [5.74, 6) is 2.15. The normalized spacial score (nSPS) is 26.8. The number of nitrogens with zero attached hydrogens (tertiary/aromatic N) is 4. The number of hydrogen-bond acceptors (Lipinski definition) is 4. The third kappa shape index (κ3) is 5.78. The molecule has 2 N–H and O–H groups in total. The van der Waals surface area contributed by atoms with Gasteiger partial charge in [0.15, 0.2) is 5.96 Å². The van der Waals surface area contributed by atoms with Crippen molar-refractivity contribution in [1.29, 1.82) is 0 Å². The molecule has 7 rings (SSSR count). The minimum atomic E-state index is -0.886. The molecule has 3 saturated carbocycles. The van der Waals surface area contributed by atoms with Crippen molar-refractivity contribution in [3.8, 4) is 0 Å². The minimum absolute atomic E-state index is 0.0522. The third-order valence-corrected chi connectivity index (χ3v) is 10.3. The molecule has 0 spiro atoms. The highest BCUT2D eigenvalue weighted by Crippen LogP contribution is 2.61. The predicted molar refractivity (Wildman–Crippen MR) is 164 cm³/mol. The number of nitrogens with one attached hydrogen (secondary N) is 2. The number of hydrogen-bond donors (Lipinski definition) is 2. The smallest absolute Gasteiger partial charge is 0.261 e. The fourth-order valence-corrected chi connectivity index (χ4v) is 7.46. The Bertz CT molecular complexity index is 1550. The average Bonchev–Trinajstić information content (AvgIpc) is 3.01. The lowest BCUT2D eigenvalue weighted by Gasteiger charge is -2.61. The van der Waals surface area contributed by atoms with E-state index in [2.05, 4.69) is 41.3 Å². The van der Waals surface area contributed by atoms with E-state index in [4.69, 9.17) is 4.99 Å². The molecule has 1 aromatic heterocycles. The zero-order valence-corrected chi connectivity index (χ0v) is 25.1. The molecule has 1 aliphatic heterocycles. The van der Waals surface area contributed by atoms with Gasteiger partial charge in [0.2, 0.25) is 0 Å². The van der Waals surface area contributed by atoms with Crippen molar-refractivity contribution < 1.29 is 13.2 Å². The Morgan fingerprint density at radius 3 is 2.65 bits per heavy atom. The lowest BCUT2D eigenvalue weighted by Crippen LogP contribution is -2.58. The lowest BCUT2D eigenvalue weighted by molar-refractivity contribution is -0.108. The van der Waals surface area contributed by atoms with Crippen LogP contribution in [0.3, 0.4) is 0 Å². The highest BCUT2D eigenvalue weighted by Gasteiger charge is 2.56. The van der Waals surface area contributed by atoms with Gasteiger partial charge in [-0.2, -0.15) is 0 Å². The first-order valence-electron chi connectivity index (χ1n) is 15.4. The first kappa shape index (κ1) is 29.7. The second kappa shape index (κ2) is 11.9. The number of alkyl halides is 2. The summed E-state index contributed by atoms with van der Waals surface area (Å²) in [6.07, 6.45) is 2.74. The quantitative estimate of drug-likeness (QED) is 0.286. The molecule has 0 amide bonds. The van der Waals surface area contributed by atoms with Crippen molar-refractivity contribution in [2.45, 2.75) is 65.3 Å². The lowest BCUT2D eigenvalue weighted by atomic mass is 9.45. The number of piperazine rings is 1. The maximum Gasteiger partial charge on any atom is 0.261 e. The predicted octanol–water partition coefficient (Wildman–Crippen LogP) is 5.33. The van der Waals surface area contributed by atoms with Crippen molar-refractivity contribution in [1.82, 2.24) is 19.8 Å². The first-order valence-corrected chi connectivity index (χ1v) is 15.4. The Labute approximate surface area is 250 Å². The van der Waals surface area contributed by atoms with E-state index in [0.717, 1.165) is 12.0 Å². The first-order chi connectivity index (χ1) is 20.7. The number of guanidine groups is 1. The van der Waals surface area contributed by atoms with Crippen LogP contribution in [0.2, 0.25) is 0 Å². The van der Waals surface area contributed by atoms with Crippen LogP contribution < -0.4 is 16.2 Å². The summed E-state index contributed by atoms with van der Waals surface area (Å²) >= 11 is 0. The standard InChI is InChI=1S/C33H41F3N6O/c1-20-27-14-22(33(27,2)3)15-28(20)40-32(41-13-11-37-25(17-34)19-41)38-24-8-9-26-29(16-24)39-30(18-35)42(31(26)43)12-10-21-4-6-23(36)7-5-21/h4-9,16,20,22,25,27-28,37H,10-15,17-19H2,1-3H3,(H,38,40)/t20-,22+,25-,27-,28-/m0/s1. The SMILES string of the molecule is C[C@@H]1[C@@H](N=C(Nc2ccc3c(=O)n(CCc4ccc(F)cc4)c(CF)nc3c2)N2CCN[C@@H](CF)C2)C[C@H]2C[C@@H]1C2(C)C. The molecule has 0 unspecified atom stereocenters. The second-order valence-electron chi connectivity index (χ2n) is 13.1. The third-order valence-electron chi connectivity index (χ3n) is 10.3. The second-order valence-corrected chi connectivity index (χ2v) is 13.1. The summed E-state index contributed by atoms with van der Waals surface area (Å²) in [5.41, 5.74) is 1.97. The molecule has 3 aromatic rings. The Balaban J connectivity index is 1.28. The summed E-state index contributed by atoms with van der Waals surface area (Å²) < 4.78 is 42.4. The van der Waals surface area contributed by atoms with Crippen LogP contribution in [0.25, 0.3) is 10.9 Å². The van der Waals surface area contributed by atoms with E-state index in [0.29, 0.717) is 71.8 Å². The number of fused-ring (bicyclic) bond motifs is 3. The van der Waals surface area contributed by atoms with Crippen molar-refractivity contribution in [2.75, 3.05) is 31.6 Å². The van der Waals surface area contributed by atoms with Gasteiger partial charge >= 0.3 is 0 Å². The Kier molecular flexibility index (Phi) is 8.24. The van der Waals surface area contributed by atoms with Gasteiger partial charge in [-0.15, -0.1) is 0 Å². The van der Waals surface area contributed by atoms with E-state index in [1.54, 1.807) is 24.3 Å². The number of anilines is 1. The molecule has 230 valence electrons. The molecule has 43 heavy (non-hydrogen) atoms. The fraction of sp³-hybridized carbons (Fsp3) is 0.545. The molecule has 10 heteroatoms. The van der Waals surface area contributed by atoms with E-state index in [-0.39, 0.29) is 35.8 Å². The van der Waals surface area contributed by atoms with Gasteiger partial charge in [0.1, 0.15) is 25.0 Å². The largest absolute Gasteiger partial charge is 0.340 e. The molecule has 0 radical (unpaired) electrons. The maximum atomic E-state index is 14.1. The highest BCUT2D eigenvalue weighted by molar-refractivity contribution is 5.96. The zero-order valence-electron chi connectivity index (χ0n) is 25.1. The van der Waals surface area contributed by atoms with Crippen LogP contribution in [-0.4, -0.2) is 58.8 Å². The van der Waals surface area contributed by atoms with Crippen LogP contribution in [-0.2, 0) is 19.6 Å². The molecule has 3 aliphatic carbocycles. The Hall–Kier alpha value is -3.40. The molecule has 4 fully saturated rings. The van der Waals surface area contributed by atoms with Crippen LogP contribution in [0, 0.1) is 29.0 Å². The summed E-state index contributed by atoms with van der Waals surface area (Å²) in [7, 11) is 0. The monoisotopic (exact) mass is 594 g/mol. The van der Waals surface area contributed by atoms with Gasteiger partial charge < -0.3 is 15.5 Å². The van der Waals surface area contributed by atoms with E-state index in [9.17, 15) is 18.0 Å². The molecular weight excluding hydrogens is 553 g/mol. The minimum Gasteiger partial charge on any atom is -0.340 e. The van der Waals surface area contributed by atoms with Crippen LogP contribution >= 0.6 is 0 Å². The number of rotatable bonds is 7. The van der Waals surface area contributed by atoms with E-state index in [1.165, 1.54) is 23.1 Å². The summed E-state index contributed by atoms with van der Waals surface area (Å²) in [4.78, 5) is 25.3. The topological polar surface area (TPSA) is 74.5 Å². The van der Waals surface area contributed by atoms with Crippen molar-refractivity contribution >= 4 is 22.5 Å². The average molecular weight is 595 g/mol. The van der Waals surface area contributed by atoms with Crippen LogP contribution in [0.4, 0.5) is 18.9 Å². The summed E-state index contributed by atoms with van der Waals surface area (Å²) in [6, 6.07) is 11.3. The molecule has 2 heterocycles. The fourth-order valence-electron chi connectivity index (χ4n) is 7.46. The van der Waals surface area contributed by atoms with Crippen LogP contribution in [0.15, 0.2) is 52.3 Å². The van der Waals surface area contributed by atoms with Gasteiger partial charge in [-0.1, -0.05) is 32.9 Å². The van der Waals surface area contributed by atoms with E-state index >= 15 is 0 Å². The molecule has 2 bridgehead atoms. The van der Waals surface area contributed by atoms with Gasteiger partial charge in [0.25, 0.3) is 5.56 Å². The summed E-state index contributed by atoms with van der Waals surface area (Å²) in [5, 5.41) is 7.10. The van der Waals surface area contributed by atoms with Crippen LogP contribution in [0.5, 0.6) is 0 Å². The number of benzene rings is 2. The number of aliphatic imine (C=N–C) groups is 1. The number of aryl methyl sites for hydroxylation is 1. The highest BCUT2D eigenvalue weighted by atomic mass is 19.1. The molecule has 5 atom stereocenters.